The molecular weight excluding hydrogens is 528 g/mol. The summed E-state index contributed by atoms with van der Waals surface area (Å²) in [5, 5.41) is 23.3. The van der Waals surface area contributed by atoms with Gasteiger partial charge in [0.05, 0.1) is 22.9 Å². The predicted molar refractivity (Wildman–Crippen MR) is 149 cm³/mol. The molecule has 0 saturated carbocycles. The van der Waals surface area contributed by atoms with Gasteiger partial charge >= 0.3 is 18.0 Å². The Morgan fingerprint density at radius 3 is 2.20 bits per heavy atom. The van der Waals surface area contributed by atoms with E-state index in [0.717, 1.165) is 4.90 Å². The van der Waals surface area contributed by atoms with E-state index in [-0.39, 0.29) is 22.5 Å². The molecule has 3 rings (SSSR count). The molecule has 11 nitrogen and oxygen atoms in total. The zero-order valence-corrected chi connectivity index (χ0v) is 22.6. The number of hydrogen-bond donors (Lipinski definition) is 3. The van der Waals surface area contributed by atoms with Crippen LogP contribution in [0.1, 0.15) is 52.6 Å². The van der Waals surface area contributed by atoms with Crippen LogP contribution in [0.15, 0.2) is 72.8 Å². The van der Waals surface area contributed by atoms with Crippen molar-refractivity contribution in [2.24, 2.45) is 0 Å². The lowest BCUT2D eigenvalue weighted by Gasteiger charge is -2.25. The molecule has 0 radical (unpaired) electrons. The summed E-state index contributed by atoms with van der Waals surface area (Å²) in [5.74, 6) is -3.06. The number of carboxylic acids is 1. The van der Waals surface area contributed by atoms with Gasteiger partial charge in [0.1, 0.15) is 18.7 Å². The Morgan fingerprint density at radius 1 is 0.878 bits per heavy atom. The highest BCUT2D eigenvalue weighted by Crippen LogP contribution is 2.20. The topological polar surface area (TPSA) is 166 Å². The highest BCUT2D eigenvalue weighted by molar-refractivity contribution is 6.14. The minimum absolute atomic E-state index is 0.0669. The molecule has 0 atom stereocenters. The number of esters is 1. The van der Waals surface area contributed by atoms with E-state index < -0.39 is 48.4 Å². The number of rotatable bonds is 9. The summed E-state index contributed by atoms with van der Waals surface area (Å²) in [7, 11) is 0. The summed E-state index contributed by atoms with van der Waals surface area (Å²) in [6.07, 6.45) is 0. The minimum Gasteiger partial charge on any atom is -0.478 e. The van der Waals surface area contributed by atoms with E-state index in [1.165, 1.54) is 60.7 Å². The number of benzene rings is 3. The van der Waals surface area contributed by atoms with Crippen LogP contribution in [0.3, 0.4) is 0 Å². The number of aromatic carboxylic acids is 1. The third-order valence-electron chi connectivity index (χ3n) is 5.44. The Balaban J connectivity index is 1.81. The smallest absolute Gasteiger partial charge is 0.335 e. The van der Waals surface area contributed by atoms with E-state index in [1.807, 2.05) is 6.07 Å². The van der Waals surface area contributed by atoms with Gasteiger partial charge in [0, 0.05) is 16.8 Å². The molecular formula is C30H28N4O7. The van der Waals surface area contributed by atoms with Crippen LogP contribution < -0.4 is 10.6 Å². The number of nitrogens with zero attached hydrogens (tertiary/aromatic N) is 2. The van der Waals surface area contributed by atoms with Crippen molar-refractivity contribution >= 4 is 41.0 Å². The molecule has 3 aromatic rings. The van der Waals surface area contributed by atoms with Crippen LogP contribution >= 0.6 is 0 Å². The molecule has 3 aromatic carbocycles. The van der Waals surface area contributed by atoms with Crippen LogP contribution in [0, 0.1) is 11.3 Å². The third kappa shape index (κ3) is 8.76. The molecule has 0 fully saturated rings. The first-order valence-corrected chi connectivity index (χ1v) is 12.4. The molecule has 41 heavy (non-hydrogen) atoms. The largest absolute Gasteiger partial charge is 0.478 e. The minimum atomic E-state index is -1.19. The maximum absolute atomic E-state index is 13.1. The van der Waals surface area contributed by atoms with Gasteiger partial charge in [-0.3, -0.25) is 14.4 Å². The van der Waals surface area contributed by atoms with E-state index in [0.29, 0.717) is 11.1 Å². The van der Waals surface area contributed by atoms with E-state index in [1.54, 1.807) is 32.9 Å². The van der Waals surface area contributed by atoms with Gasteiger partial charge in [0.15, 0.2) is 5.78 Å². The fourth-order valence-electron chi connectivity index (χ4n) is 3.67. The number of carboxylic acid groups (broad SMARTS) is 1. The lowest BCUT2D eigenvalue weighted by molar-refractivity contribution is -0.155. The Morgan fingerprint density at radius 2 is 1.56 bits per heavy atom. The van der Waals surface area contributed by atoms with Gasteiger partial charge in [-0.1, -0.05) is 18.2 Å². The molecule has 0 heterocycles. The van der Waals surface area contributed by atoms with Gasteiger partial charge in [-0.15, -0.1) is 0 Å². The van der Waals surface area contributed by atoms with Gasteiger partial charge in [-0.05, 0) is 75.4 Å². The Labute approximate surface area is 236 Å². The number of anilines is 2. The highest BCUT2D eigenvalue weighted by Gasteiger charge is 2.25. The number of amides is 3. The number of para-hydroxylation sites is 1. The number of nitriles is 1. The first-order valence-electron chi connectivity index (χ1n) is 12.4. The van der Waals surface area contributed by atoms with Crippen molar-refractivity contribution in [3.05, 3.63) is 95.1 Å². The molecule has 0 aliphatic carbocycles. The van der Waals surface area contributed by atoms with Crippen LogP contribution in [0.5, 0.6) is 0 Å². The van der Waals surface area contributed by atoms with Crippen LogP contribution in [-0.4, -0.2) is 58.4 Å². The zero-order valence-electron chi connectivity index (χ0n) is 22.6. The van der Waals surface area contributed by atoms with E-state index >= 15 is 0 Å². The number of carbonyl (C=O) groups excluding carboxylic acids is 4. The molecule has 210 valence electrons. The van der Waals surface area contributed by atoms with Crippen molar-refractivity contribution in [1.82, 2.24) is 4.90 Å². The van der Waals surface area contributed by atoms with Crippen molar-refractivity contribution in [2.45, 2.75) is 26.4 Å². The van der Waals surface area contributed by atoms with Crippen molar-refractivity contribution in [1.29, 1.82) is 5.26 Å². The first-order chi connectivity index (χ1) is 19.4. The molecule has 0 spiro atoms. The lowest BCUT2D eigenvalue weighted by atomic mass is 10.0. The second-order valence-electron chi connectivity index (χ2n) is 9.87. The van der Waals surface area contributed by atoms with Crippen LogP contribution in [-0.2, 0) is 14.3 Å². The Hall–Kier alpha value is -5.50. The van der Waals surface area contributed by atoms with E-state index in [9.17, 15) is 29.1 Å². The van der Waals surface area contributed by atoms with Gasteiger partial charge in [-0.2, -0.15) is 5.26 Å². The number of urea groups is 1. The Bertz CT molecular complexity index is 1520. The third-order valence-corrected chi connectivity index (χ3v) is 5.44. The monoisotopic (exact) mass is 556 g/mol. The molecule has 3 amide bonds. The lowest BCUT2D eigenvalue weighted by Crippen LogP contribution is -2.45. The Kier molecular flexibility index (Phi) is 9.55. The average molecular weight is 557 g/mol. The van der Waals surface area contributed by atoms with E-state index in [2.05, 4.69) is 10.6 Å². The zero-order chi connectivity index (χ0) is 30.2. The fourth-order valence-corrected chi connectivity index (χ4v) is 3.67. The van der Waals surface area contributed by atoms with Gasteiger partial charge in [-0.25, -0.2) is 9.59 Å². The van der Waals surface area contributed by atoms with Crippen LogP contribution in [0.25, 0.3) is 0 Å². The van der Waals surface area contributed by atoms with Crippen molar-refractivity contribution < 1.29 is 33.8 Å². The van der Waals surface area contributed by atoms with Crippen molar-refractivity contribution in [3.8, 4) is 6.07 Å². The summed E-state index contributed by atoms with van der Waals surface area (Å²) in [4.78, 5) is 64.0. The molecule has 11 heteroatoms. The van der Waals surface area contributed by atoms with Gasteiger partial charge in [0.2, 0.25) is 5.91 Å². The number of carbonyl (C=O) groups is 5. The first kappa shape index (κ1) is 30.0. The SMILES string of the molecule is CC(C)(C)OC(=O)CN(CC(=O)Nc1ccccc1C(=O)c1ccc(C#N)cc1)C(=O)Nc1cccc(C(=O)O)c1. The fraction of sp³-hybridized carbons (Fsp3) is 0.200. The van der Waals surface area contributed by atoms with Crippen LogP contribution in [0.2, 0.25) is 0 Å². The highest BCUT2D eigenvalue weighted by atomic mass is 16.6. The number of ether oxygens (including phenoxy) is 1. The molecule has 0 bridgehead atoms. The second-order valence-corrected chi connectivity index (χ2v) is 9.87. The van der Waals surface area contributed by atoms with Crippen molar-refractivity contribution in [3.63, 3.8) is 0 Å². The predicted octanol–water partition coefficient (Wildman–Crippen LogP) is 4.30. The van der Waals surface area contributed by atoms with E-state index in [4.69, 9.17) is 10.00 Å². The standard InChI is InChI=1S/C30H28N4O7/c1-30(2,3)41-26(36)18-34(29(40)32-22-8-6-7-21(15-22)28(38)39)17-25(35)33-24-10-5-4-9-23(24)27(37)20-13-11-19(16-31)12-14-20/h4-15H,17-18H2,1-3H3,(H,32,40)(H,33,35)(H,38,39). The molecule has 0 aromatic heterocycles. The van der Waals surface area contributed by atoms with Crippen LogP contribution in [0.4, 0.5) is 16.2 Å². The molecule has 0 aliphatic heterocycles. The van der Waals surface area contributed by atoms with Crippen molar-refractivity contribution in [2.75, 3.05) is 23.7 Å². The summed E-state index contributed by atoms with van der Waals surface area (Å²) in [5.41, 5.74) is 0.284. The summed E-state index contributed by atoms with van der Waals surface area (Å²) in [6.45, 7) is 3.79. The summed E-state index contributed by atoms with van der Waals surface area (Å²) >= 11 is 0. The molecule has 0 saturated heterocycles. The maximum Gasteiger partial charge on any atom is 0.335 e. The quantitative estimate of drug-likeness (QED) is 0.259. The van der Waals surface area contributed by atoms with Gasteiger partial charge < -0.3 is 25.4 Å². The maximum atomic E-state index is 13.1. The number of nitrogens with one attached hydrogen (secondary N) is 2. The molecule has 0 unspecified atom stereocenters. The average Bonchev–Trinajstić information content (AvgIpc) is 2.91. The number of ketones is 1. The number of hydrogen-bond acceptors (Lipinski definition) is 7. The second kappa shape index (κ2) is 13.0. The molecule has 0 aliphatic rings. The summed E-state index contributed by atoms with van der Waals surface area (Å²) < 4.78 is 5.30. The normalized spacial score (nSPS) is 10.6. The van der Waals surface area contributed by atoms with Gasteiger partial charge in [0.25, 0.3) is 0 Å². The molecule has 3 N–H and O–H groups in total. The summed E-state index contributed by atoms with van der Waals surface area (Å²) in [6, 6.07) is 18.9.